The molecule has 0 bridgehead atoms. The van der Waals surface area contributed by atoms with Gasteiger partial charge in [-0.1, -0.05) is 267 Å². The minimum absolute atomic E-state index is 0.491. The maximum absolute atomic E-state index is 2.38. The van der Waals surface area contributed by atoms with Gasteiger partial charge >= 0.3 is 0 Å². The predicted octanol–water partition coefficient (Wildman–Crippen LogP) is 19.6. The van der Waals surface area contributed by atoms with E-state index in [1.54, 1.807) is 0 Å². The van der Waals surface area contributed by atoms with Crippen molar-refractivity contribution >= 4 is 64.6 Å². The first-order chi connectivity index (χ1) is 36.2. The van der Waals surface area contributed by atoms with Crippen molar-refractivity contribution in [2.45, 2.75) is 5.41 Å². The molecule has 0 heteroatoms. The van der Waals surface area contributed by atoms with E-state index in [-0.39, 0.29) is 0 Å². The van der Waals surface area contributed by atoms with Crippen LogP contribution in [-0.2, 0) is 5.41 Å². The molecule has 0 N–H and O–H groups in total. The van der Waals surface area contributed by atoms with Gasteiger partial charge in [-0.15, -0.1) is 0 Å². The first kappa shape index (κ1) is 41.4. The normalized spacial score (nSPS) is 12.8. The Morgan fingerprint density at radius 1 is 0.164 bits per heavy atom. The maximum atomic E-state index is 2.38. The summed E-state index contributed by atoms with van der Waals surface area (Å²) >= 11 is 0. The average molecular weight is 923 g/mol. The SMILES string of the molecule is c1ccc2c(c1)-c1ccccc1C2(c1ccc(-c2ccc(-c3ccc4c5ccccc5c5ccccc5c4c3)cc2)cc1)c1ccc(-c2ccc(-c3ccc4c5ccccc5c5ccccc5c4c3)cc2)cc1. The second-order valence-corrected chi connectivity index (χ2v) is 19.9. The van der Waals surface area contributed by atoms with Crippen LogP contribution in [0.5, 0.6) is 0 Å². The second kappa shape index (κ2) is 16.4. The minimum Gasteiger partial charge on any atom is -0.0619 e. The van der Waals surface area contributed by atoms with Crippen LogP contribution in [0.1, 0.15) is 22.3 Å². The van der Waals surface area contributed by atoms with Crippen LogP contribution in [0.15, 0.2) is 279 Å². The van der Waals surface area contributed by atoms with Crippen molar-refractivity contribution in [3.63, 3.8) is 0 Å². The third kappa shape index (κ3) is 6.34. The molecule has 0 saturated heterocycles. The van der Waals surface area contributed by atoms with Crippen LogP contribution in [0.25, 0.3) is 120 Å². The molecule has 1 aliphatic rings. The van der Waals surface area contributed by atoms with E-state index in [1.807, 2.05) is 0 Å². The molecular weight excluding hydrogens is 877 g/mol. The highest BCUT2D eigenvalue weighted by Gasteiger charge is 2.45. The Morgan fingerprint density at radius 2 is 0.384 bits per heavy atom. The lowest BCUT2D eigenvalue weighted by molar-refractivity contribution is 0.769. The number of fused-ring (bicyclic) bond motifs is 15. The van der Waals surface area contributed by atoms with Gasteiger partial charge in [-0.3, -0.25) is 0 Å². The smallest absolute Gasteiger partial charge is 0.0619 e. The molecule has 0 heterocycles. The summed E-state index contributed by atoms with van der Waals surface area (Å²) < 4.78 is 0. The Bertz CT molecular complexity index is 4140. The summed E-state index contributed by atoms with van der Waals surface area (Å²) in [6.07, 6.45) is 0. The van der Waals surface area contributed by atoms with E-state index in [0.29, 0.717) is 0 Å². The minimum atomic E-state index is -0.491. The summed E-state index contributed by atoms with van der Waals surface area (Å²) in [5.74, 6) is 0. The van der Waals surface area contributed by atoms with Gasteiger partial charge in [-0.2, -0.15) is 0 Å². The van der Waals surface area contributed by atoms with E-state index in [9.17, 15) is 0 Å². The number of benzene rings is 14. The Labute approximate surface area is 424 Å². The lowest BCUT2D eigenvalue weighted by atomic mass is 9.67. The van der Waals surface area contributed by atoms with E-state index in [4.69, 9.17) is 0 Å². The Kier molecular flexibility index (Phi) is 9.28. The third-order valence-electron chi connectivity index (χ3n) is 16.2. The van der Waals surface area contributed by atoms with Gasteiger partial charge in [0.2, 0.25) is 0 Å². The maximum Gasteiger partial charge on any atom is 0.0713 e. The van der Waals surface area contributed by atoms with Gasteiger partial charge < -0.3 is 0 Å². The fraction of sp³-hybridized carbons (Fsp3) is 0.0137. The molecule has 1 aliphatic carbocycles. The van der Waals surface area contributed by atoms with Crippen molar-refractivity contribution in [2.75, 3.05) is 0 Å². The fourth-order valence-electron chi connectivity index (χ4n) is 12.7. The molecule has 0 radical (unpaired) electrons. The van der Waals surface area contributed by atoms with Crippen molar-refractivity contribution in [3.05, 3.63) is 301 Å². The summed E-state index contributed by atoms with van der Waals surface area (Å²) in [5, 5.41) is 15.6. The largest absolute Gasteiger partial charge is 0.0713 e. The molecule has 0 spiro atoms. The third-order valence-corrected chi connectivity index (χ3v) is 16.2. The van der Waals surface area contributed by atoms with E-state index < -0.39 is 5.41 Å². The van der Waals surface area contributed by atoms with Gasteiger partial charge in [0.25, 0.3) is 0 Å². The molecule has 14 aromatic rings. The Morgan fingerprint density at radius 3 is 0.699 bits per heavy atom. The van der Waals surface area contributed by atoms with E-state index in [1.165, 1.54) is 143 Å². The van der Waals surface area contributed by atoms with Gasteiger partial charge in [0, 0.05) is 0 Å². The summed E-state index contributed by atoms with van der Waals surface area (Å²) in [5.41, 5.74) is 16.9. The van der Waals surface area contributed by atoms with E-state index >= 15 is 0 Å². The quantitative estimate of drug-likeness (QED) is 0.146. The zero-order valence-electron chi connectivity index (χ0n) is 40.1. The second-order valence-electron chi connectivity index (χ2n) is 19.9. The Hall–Kier alpha value is -9.36. The van der Waals surface area contributed by atoms with Crippen LogP contribution in [0.3, 0.4) is 0 Å². The van der Waals surface area contributed by atoms with Crippen LogP contribution in [-0.4, -0.2) is 0 Å². The molecule has 0 aliphatic heterocycles. The van der Waals surface area contributed by atoms with Crippen LogP contribution in [0, 0.1) is 0 Å². The highest BCUT2D eigenvalue weighted by molar-refractivity contribution is 6.27. The van der Waals surface area contributed by atoms with Gasteiger partial charge in [0.05, 0.1) is 5.41 Å². The summed E-state index contributed by atoms with van der Waals surface area (Å²) in [4.78, 5) is 0. The van der Waals surface area contributed by atoms with Gasteiger partial charge in [0.1, 0.15) is 0 Å². The molecular formula is C73H46. The standard InChI is InChI=1S/C73H46/c1-3-17-61-57(13-1)59-15-5-7-19-63(59)69-45-53(37-43-65(61)69)51-29-25-47(26-30-51)49-33-39-55(40-34-49)73(71-23-11-9-21-67(71)68-22-10-12-24-72(68)73)56-41-35-50(36-42-56)48-27-31-52(32-28-48)54-38-44-66-62-18-4-2-14-58(62)60-16-6-8-20-64(60)70(66)46-54/h1-46H. The highest BCUT2D eigenvalue weighted by Crippen LogP contribution is 2.56. The number of hydrogen-bond donors (Lipinski definition) is 0. The Balaban J connectivity index is 0.766. The molecule has 14 aromatic carbocycles. The molecule has 73 heavy (non-hydrogen) atoms. The van der Waals surface area contributed by atoms with Crippen molar-refractivity contribution in [3.8, 4) is 55.6 Å². The molecule has 0 atom stereocenters. The van der Waals surface area contributed by atoms with Gasteiger partial charge in [0.15, 0.2) is 0 Å². The van der Waals surface area contributed by atoms with Crippen molar-refractivity contribution in [2.24, 2.45) is 0 Å². The first-order valence-electron chi connectivity index (χ1n) is 25.5. The average Bonchev–Trinajstić information content (AvgIpc) is 3.78. The number of rotatable bonds is 6. The lowest BCUT2D eigenvalue weighted by Gasteiger charge is -2.34. The molecule has 338 valence electrons. The topological polar surface area (TPSA) is 0 Å². The van der Waals surface area contributed by atoms with E-state index in [0.717, 1.165) is 0 Å². The fourth-order valence-corrected chi connectivity index (χ4v) is 12.7. The zero-order chi connectivity index (χ0) is 48.0. The monoisotopic (exact) mass is 922 g/mol. The summed E-state index contributed by atoms with van der Waals surface area (Å²) in [7, 11) is 0. The molecule has 0 nitrogen and oxygen atoms in total. The summed E-state index contributed by atoms with van der Waals surface area (Å²) in [6, 6.07) is 104. The lowest BCUT2D eigenvalue weighted by Crippen LogP contribution is -2.28. The zero-order valence-corrected chi connectivity index (χ0v) is 40.1. The van der Waals surface area contributed by atoms with Gasteiger partial charge in [-0.05, 0) is 155 Å². The predicted molar refractivity (Wildman–Crippen MR) is 311 cm³/mol. The van der Waals surface area contributed by atoms with Crippen molar-refractivity contribution in [1.82, 2.24) is 0 Å². The number of hydrogen-bond acceptors (Lipinski definition) is 0. The van der Waals surface area contributed by atoms with Crippen LogP contribution < -0.4 is 0 Å². The van der Waals surface area contributed by atoms with E-state index in [2.05, 4.69) is 279 Å². The van der Waals surface area contributed by atoms with Crippen molar-refractivity contribution < 1.29 is 0 Å². The van der Waals surface area contributed by atoms with Crippen LogP contribution in [0.2, 0.25) is 0 Å². The summed E-state index contributed by atoms with van der Waals surface area (Å²) in [6.45, 7) is 0. The molecule has 0 amide bonds. The molecule has 15 rings (SSSR count). The first-order valence-corrected chi connectivity index (χ1v) is 25.5. The van der Waals surface area contributed by atoms with Crippen LogP contribution >= 0.6 is 0 Å². The molecule has 0 saturated carbocycles. The molecule has 0 aromatic heterocycles. The van der Waals surface area contributed by atoms with Crippen LogP contribution in [0.4, 0.5) is 0 Å². The van der Waals surface area contributed by atoms with Gasteiger partial charge in [-0.25, -0.2) is 0 Å². The molecule has 0 fully saturated rings. The molecule has 0 unspecified atom stereocenters. The van der Waals surface area contributed by atoms with Crippen molar-refractivity contribution in [1.29, 1.82) is 0 Å². The highest BCUT2D eigenvalue weighted by atomic mass is 14.5.